The van der Waals surface area contributed by atoms with E-state index in [1.54, 1.807) is 0 Å². The van der Waals surface area contributed by atoms with Crippen LogP contribution in [0.4, 0.5) is 0 Å². The first-order chi connectivity index (χ1) is 6.75. The van der Waals surface area contributed by atoms with Crippen molar-refractivity contribution in [1.82, 2.24) is 9.97 Å². The van der Waals surface area contributed by atoms with Gasteiger partial charge >= 0.3 is 0 Å². The molecule has 2 N–H and O–H groups in total. The highest BCUT2D eigenvalue weighted by Crippen LogP contribution is 2.18. The molecule has 0 aromatic carbocycles. The molecule has 1 aliphatic carbocycles. The smallest absolute Gasteiger partial charge is 0.175 e. The number of H-pyrrole nitrogens is 2. The molecule has 1 atom stereocenters. The van der Waals surface area contributed by atoms with E-state index >= 15 is 0 Å². The monoisotopic (exact) mass is 206 g/mol. The van der Waals surface area contributed by atoms with Crippen LogP contribution in [0.1, 0.15) is 19.3 Å². The van der Waals surface area contributed by atoms with Crippen molar-refractivity contribution in [2.75, 3.05) is 0 Å². The summed E-state index contributed by atoms with van der Waals surface area (Å²) < 4.78 is 0.660. The van der Waals surface area contributed by atoms with Gasteiger partial charge in [-0.1, -0.05) is 24.8 Å². The van der Waals surface area contributed by atoms with Crippen LogP contribution in [0.15, 0.2) is 12.2 Å². The molecule has 2 rings (SSSR count). The third-order valence-electron chi connectivity index (χ3n) is 2.55. The largest absolute Gasteiger partial charge is 0.331 e. The summed E-state index contributed by atoms with van der Waals surface area (Å²) in [5.41, 5.74) is 0. The normalized spacial score (nSPS) is 22.9. The van der Waals surface area contributed by atoms with Crippen LogP contribution in [0.5, 0.6) is 0 Å². The van der Waals surface area contributed by atoms with Crippen molar-refractivity contribution in [1.29, 1.82) is 0 Å². The van der Waals surface area contributed by atoms with Gasteiger partial charge in [-0.25, -0.2) is 0 Å². The van der Waals surface area contributed by atoms with Gasteiger partial charge in [0.15, 0.2) is 4.77 Å². The van der Waals surface area contributed by atoms with E-state index in [0.29, 0.717) is 10.7 Å². The van der Waals surface area contributed by atoms with Gasteiger partial charge in [0.05, 0.1) is 10.7 Å². The minimum absolute atomic E-state index is 0.627. The van der Waals surface area contributed by atoms with E-state index in [1.807, 2.05) is 0 Å². The van der Waals surface area contributed by atoms with Gasteiger partial charge in [-0.2, -0.15) is 0 Å². The molecule has 74 valence electrons. The number of imidazole rings is 1. The molecule has 1 aromatic rings. The Morgan fingerprint density at radius 2 is 2.29 bits per heavy atom. The van der Waals surface area contributed by atoms with E-state index < -0.39 is 0 Å². The molecule has 0 fully saturated rings. The van der Waals surface area contributed by atoms with Crippen molar-refractivity contribution in [3.63, 3.8) is 0 Å². The lowest BCUT2D eigenvalue weighted by atomic mass is 9.94. The SMILES string of the molecule is C=c1[nH]c(=S)[nH]/c1=C\C1CC=CCC1. The van der Waals surface area contributed by atoms with Gasteiger partial charge in [0.25, 0.3) is 0 Å². The third kappa shape index (κ3) is 2.04. The van der Waals surface area contributed by atoms with Crippen molar-refractivity contribution in [2.24, 2.45) is 5.92 Å². The zero-order valence-corrected chi connectivity index (χ0v) is 8.86. The van der Waals surface area contributed by atoms with E-state index in [9.17, 15) is 0 Å². The van der Waals surface area contributed by atoms with Crippen LogP contribution in [-0.2, 0) is 0 Å². The van der Waals surface area contributed by atoms with Crippen LogP contribution in [0, 0.1) is 10.7 Å². The van der Waals surface area contributed by atoms with Crippen molar-refractivity contribution in [3.8, 4) is 0 Å². The third-order valence-corrected chi connectivity index (χ3v) is 2.75. The summed E-state index contributed by atoms with van der Waals surface area (Å²) in [4.78, 5) is 6.10. The minimum atomic E-state index is 0.627. The van der Waals surface area contributed by atoms with Crippen LogP contribution in [-0.4, -0.2) is 9.97 Å². The number of aromatic amines is 2. The van der Waals surface area contributed by atoms with E-state index in [1.165, 1.54) is 12.8 Å². The average molecular weight is 206 g/mol. The molecule has 1 unspecified atom stereocenters. The molecule has 1 aliphatic rings. The Labute approximate surface area is 88.1 Å². The Morgan fingerprint density at radius 3 is 2.86 bits per heavy atom. The zero-order valence-electron chi connectivity index (χ0n) is 8.05. The quantitative estimate of drug-likeness (QED) is 0.531. The van der Waals surface area contributed by atoms with Crippen LogP contribution >= 0.6 is 12.2 Å². The second-order valence-corrected chi connectivity index (χ2v) is 4.09. The first kappa shape index (κ1) is 9.46. The van der Waals surface area contributed by atoms with Gasteiger partial charge in [-0.05, 0) is 37.4 Å². The Hall–Kier alpha value is -1.09. The summed E-state index contributed by atoms with van der Waals surface area (Å²) in [7, 11) is 0. The maximum absolute atomic E-state index is 5.00. The highest BCUT2D eigenvalue weighted by molar-refractivity contribution is 7.71. The predicted octanol–water partition coefficient (Wildman–Crippen LogP) is 1.62. The van der Waals surface area contributed by atoms with Crippen molar-refractivity contribution >= 4 is 24.9 Å². The van der Waals surface area contributed by atoms with Crippen LogP contribution in [0.3, 0.4) is 0 Å². The summed E-state index contributed by atoms with van der Waals surface area (Å²) in [5, 5.41) is 1.94. The molecule has 1 aromatic heterocycles. The van der Waals surface area contributed by atoms with Crippen LogP contribution in [0.2, 0.25) is 0 Å². The lowest BCUT2D eigenvalue weighted by molar-refractivity contribution is 0.611. The topological polar surface area (TPSA) is 31.6 Å². The molecule has 0 spiro atoms. The fraction of sp³-hybridized carbons (Fsp3) is 0.364. The highest BCUT2D eigenvalue weighted by Gasteiger charge is 2.05. The van der Waals surface area contributed by atoms with Crippen LogP contribution in [0.25, 0.3) is 12.7 Å². The predicted molar refractivity (Wildman–Crippen MR) is 61.7 cm³/mol. The molecular formula is C11H14N2S. The number of rotatable bonds is 1. The molecule has 0 saturated carbocycles. The minimum Gasteiger partial charge on any atom is -0.331 e. The Balaban J connectivity index is 2.34. The fourth-order valence-electron chi connectivity index (χ4n) is 1.78. The van der Waals surface area contributed by atoms with E-state index in [0.717, 1.165) is 17.1 Å². The molecule has 0 radical (unpaired) electrons. The van der Waals surface area contributed by atoms with Crippen molar-refractivity contribution in [3.05, 3.63) is 27.6 Å². The van der Waals surface area contributed by atoms with Gasteiger partial charge in [0, 0.05) is 0 Å². The number of hydrogen-bond acceptors (Lipinski definition) is 1. The van der Waals surface area contributed by atoms with Gasteiger partial charge in [-0.15, -0.1) is 0 Å². The Morgan fingerprint density at radius 1 is 1.43 bits per heavy atom. The van der Waals surface area contributed by atoms with Crippen molar-refractivity contribution in [2.45, 2.75) is 19.3 Å². The van der Waals surface area contributed by atoms with Crippen LogP contribution < -0.4 is 10.7 Å². The molecule has 0 aliphatic heterocycles. The summed E-state index contributed by atoms with van der Waals surface area (Å²) in [6.07, 6.45) is 10.3. The molecular weight excluding hydrogens is 192 g/mol. The van der Waals surface area contributed by atoms with E-state index in [4.69, 9.17) is 12.2 Å². The maximum atomic E-state index is 5.00. The molecule has 2 nitrogen and oxygen atoms in total. The molecule has 1 heterocycles. The number of allylic oxidation sites excluding steroid dienone is 2. The molecule has 0 saturated heterocycles. The zero-order chi connectivity index (χ0) is 9.97. The lowest BCUT2D eigenvalue weighted by Crippen LogP contribution is -2.24. The van der Waals surface area contributed by atoms with Crippen molar-refractivity contribution < 1.29 is 0 Å². The highest BCUT2D eigenvalue weighted by atomic mass is 32.1. The number of nitrogens with one attached hydrogen (secondary N) is 2. The molecule has 0 amide bonds. The first-order valence-corrected chi connectivity index (χ1v) is 5.30. The van der Waals surface area contributed by atoms with Gasteiger partial charge in [-0.3, -0.25) is 0 Å². The van der Waals surface area contributed by atoms with Gasteiger partial charge < -0.3 is 9.97 Å². The number of aromatic nitrogens is 2. The summed E-state index contributed by atoms with van der Waals surface area (Å²) in [6, 6.07) is 0. The molecule has 3 heteroatoms. The molecule has 0 bridgehead atoms. The summed E-state index contributed by atoms with van der Waals surface area (Å²) in [5.74, 6) is 0.627. The molecule has 14 heavy (non-hydrogen) atoms. The standard InChI is InChI=1S/C11H14N2S/c1-8-10(13-11(14)12-8)7-9-5-3-2-4-6-9/h2-3,7,9H,1,4-6H2,(H2,12,13,14)/b10-7-. The van der Waals surface area contributed by atoms with E-state index in [-0.39, 0.29) is 0 Å². The lowest BCUT2D eigenvalue weighted by Gasteiger charge is -2.11. The van der Waals surface area contributed by atoms with Gasteiger partial charge in [0.2, 0.25) is 0 Å². The summed E-state index contributed by atoms with van der Waals surface area (Å²) in [6.45, 7) is 3.90. The van der Waals surface area contributed by atoms with E-state index in [2.05, 4.69) is 34.8 Å². The second-order valence-electron chi connectivity index (χ2n) is 3.68. The first-order valence-electron chi connectivity index (χ1n) is 4.90. The summed E-state index contributed by atoms with van der Waals surface area (Å²) >= 11 is 5.00. The average Bonchev–Trinajstić information content (AvgIpc) is 2.47. The maximum Gasteiger partial charge on any atom is 0.175 e. The Kier molecular flexibility index (Phi) is 2.68. The second kappa shape index (κ2) is 3.96. The van der Waals surface area contributed by atoms with Gasteiger partial charge in [0.1, 0.15) is 0 Å². The fourth-order valence-corrected chi connectivity index (χ4v) is 2.01. The number of hydrogen-bond donors (Lipinski definition) is 2. The Bertz CT molecular complexity index is 492.